The van der Waals surface area contributed by atoms with E-state index in [0.29, 0.717) is 4.67 Å². The van der Waals surface area contributed by atoms with Gasteiger partial charge in [-0.2, -0.15) is 0 Å². The summed E-state index contributed by atoms with van der Waals surface area (Å²) in [5, 5.41) is 13.0. The molecule has 0 aliphatic carbocycles. The van der Waals surface area contributed by atoms with Crippen molar-refractivity contribution < 1.29 is 23.9 Å². The molecule has 0 bridgehead atoms. The van der Waals surface area contributed by atoms with Crippen molar-refractivity contribution in [2.75, 3.05) is 13.1 Å². The van der Waals surface area contributed by atoms with Crippen LogP contribution < -0.4 is 10.6 Å². The molecular formula is C10H11BrN2O5. The first-order chi connectivity index (χ1) is 8.49. The van der Waals surface area contributed by atoms with Gasteiger partial charge in [0.2, 0.25) is 5.91 Å². The van der Waals surface area contributed by atoms with Crippen molar-refractivity contribution in [3.8, 4) is 0 Å². The fourth-order valence-corrected chi connectivity index (χ4v) is 1.36. The highest BCUT2D eigenvalue weighted by Crippen LogP contribution is 2.13. The van der Waals surface area contributed by atoms with Crippen LogP contribution in [-0.2, 0) is 9.59 Å². The first-order valence-electron chi connectivity index (χ1n) is 5.01. The summed E-state index contributed by atoms with van der Waals surface area (Å²) in [6.45, 7) is -0.215. The first-order valence-corrected chi connectivity index (χ1v) is 5.80. The number of carbonyl (C=O) groups excluding carboxylic acids is 2. The van der Waals surface area contributed by atoms with Crippen LogP contribution in [0.2, 0.25) is 0 Å². The van der Waals surface area contributed by atoms with E-state index >= 15 is 0 Å². The molecule has 1 aromatic rings. The normalized spacial score (nSPS) is 9.83. The van der Waals surface area contributed by atoms with E-state index in [2.05, 4.69) is 26.6 Å². The number of nitrogens with one attached hydrogen (secondary N) is 2. The van der Waals surface area contributed by atoms with E-state index in [4.69, 9.17) is 9.52 Å². The van der Waals surface area contributed by atoms with Gasteiger partial charge in [-0.15, -0.1) is 0 Å². The summed E-state index contributed by atoms with van der Waals surface area (Å²) in [6, 6.07) is 3.02. The fourth-order valence-electron chi connectivity index (χ4n) is 1.06. The van der Waals surface area contributed by atoms with Gasteiger partial charge in [-0.05, 0) is 28.1 Å². The lowest BCUT2D eigenvalue weighted by Crippen LogP contribution is -2.37. The second-order valence-corrected chi connectivity index (χ2v) is 4.06. The zero-order valence-electron chi connectivity index (χ0n) is 9.23. The number of halogens is 1. The molecule has 0 saturated carbocycles. The van der Waals surface area contributed by atoms with Crippen LogP contribution in [0.3, 0.4) is 0 Å². The minimum Gasteiger partial charge on any atom is -0.481 e. The smallest absolute Gasteiger partial charge is 0.305 e. The van der Waals surface area contributed by atoms with Gasteiger partial charge in [-0.3, -0.25) is 14.4 Å². The first kappa shape index (κ1) is 14.2. The zero-order valence-corrected chi connectivity index (χ0v) is 10.8. The van der Waals surface area contributed by atoms with E-state index in [1.54, 1.807) is 6.07 Å². The third kappa shape index (κ3) is 5.00. The Morgan fingerprint density at radius 3 is 2.56 bits per heavy atom. The van der Waals surface area contributed by atoms with Gasteiger partial charge in [0.25, 0.3) is 5.91 Å². The van der Waals surface area contributed by atoms with Gasteiger partial charge in [0, 0.05) is 6.54 Å². The third-order valence-corrected chi connectivity index (χ3v) is 2.29. The molecule has 2 amide bonds. The number of rotatable bonds is 6. The maximum Gasteiger partial charge on any atom is 0.305 e. The molecule has 8 heteroatoms. The summed E-state index contributed by atoms with van der Waals surface area (Å²) < 4.78 is 5.40. The lowest BCUT2D eigenvalue weighted by atomic mass is 10.4. The van der Waals surface area contributed by atoms with Crippen molar-refractivity contribution in [3.05, 3.63) is 22.6 Å². The van der Waals surface area contributed by atoms with Crippen LogP contribution in [-0.4, -0.2) is 36.0 Å². The Hall–Kier alpha value is -1.83. The number of amides is 2. The van der Waals surface area contributed by atoms with E-state index in [1.807, 2.05) is 0 Å². The quantitative estimate of drug-likeness (QED) is 0.702. The monoisotopic (exact) mass is 318 g/mol. The minimum atomic E-state index is -1.00. The van der Waals surface area contributed by atoms with Crippen LogP contribution in [0.4, 0.5) is 0 Å². The van der Waals surface area contributed by atoms with Crippen molar-refractivity contribution in [3.63, 3.8) is 0 Å². The summed E-state index contributed by atoms with van der Waals surface area (Å²) in [5.41, 5.74) is 0. The number of hydrogen-bond donors (Lipinski definition) is 3. The molecule has 0 atom stereocenters. The van der Waals surface area contributed by atoms with Crippen molar-refractivity contribution in [2.45, 2.75) is 6.42 Å². The Bertz CT molecular complexity index is 457. The van der Waals surface area contributed by atoms with E-state index in [1.165, 1.54) is 6.07 Å². The average molecular weight is 319 g/mol. The molecule has 0 fully saturated rings. The van der Waals surface area contributed by atoms with Crippen molar-refractivity contribution >= 4 is 33.7 Å². The topological polar surface area (TPSA) is 109 Å². The van der Waals surface area contributed by atoms with Crippen molar-refractivity contribution in [2.24, 2.45) is 0 Å². The molecule has 0 saturated heterocycles. The Labute approximate surface area is 111 Å². The summed E-state index contributed by atoms with van der Waals surface area (Å²) >= 11 is 3.05. The van der Waals surface area contributed by atoms with Gasteiger partial charge >= 0.3 is 5.97 Å². The molecule has 1 heterocycles. The van der Waals surface area contributed by atoms with Crippen LogP contribution >= 0.6 is 15.9 Å². The SMILES string of the molecule is O=C(O)CCNC(=O)CNC(=O)c1ccc(Br)o1. The average Bonchev–Trinajstić information content (AvgIpc) is 2.72. The van der Waals surface area contributed by atoms with Gasteiger partial charge < -0.3 is 20.2 Å². The van der Waals surface area contributed by atoms with Crippen molar-refractivity contribution in [1.29, 1.82) is 0 Å². The molecule has 98 valence electrons. The Balaban J connectivity index is 2.26. The molecule has 0 radical (unpaired) electrons. The van der Waals surface area contributed by atoms with E-state index in [-0.39, 0.29) is 25.3 Å². The number of hydrogen-bond acceptors (Lipinski definition) is 4. The fraction of sp³-hybridized carbons (Fsp3) is 0.300. The van der Waals surface area contributed by atoms with E-state index in [0.717, 1.165) is 0 Å². The Kier molecular flexibility index (Phi) is 5.37. The second kappa shape index (κ2) is 6.80. The molecule has 1 rings (SSSR count). The number of carbonyl (C=O) groups is 3. The van der Waals surface area contributed by atoms with Gasteiger partial charge in [-0.1, -0.05) is 0 Å². The molecule has 3 N–H and O–H groups in total. The highest BCUT2D eigenvalue weighted by Gasteiger charge is 2.11. The number of furan rings is 1. The molecule has 0 unspecified atom stereocenters. The largest absolute Gasteiger partial charge is 0.481 e. The van der Waals surface area contributed by atoms with Crippen LogP contribution in [0.5, 0.6) is 0 Å². The summed E-state index contributed by atoms with van der Waals surface area (Å²) in [4.78, 5) is 32.8. The van der Waals surface area contributed by atoms with Gasteiger partial charge in [-0.25, -0.2) is 0 Å². The molecule has 0 aliphatic heterocycles. The molecular weight excluding hydrogens is 308 g/mol. The number of carboxylic acids is 1. The van der Waals surface area contributed by atoms with E-state index in [9.17, 15) is 14.4 Å². The summed E-state index contributed by atoms with van der Waals surface area (Å²) in [7, 11) is 0. The van der Waals surface area contributed by atoms with Crippen LogP contribution in [0.1, 0.15) is 17.0 Å². The van der Waals surface area contributed by atoms with Gasteiger partial charge in [0.1, 0.15) is 0 Å². The molecule has 0 aromatic carbocycles. The number of aliphatic carboxylic acids is 1. The van der Waals surface area contributed by atoms with Crippen LogP contribution in [0.15, 0.2) is 21.2 Å². The maximum atomic E-state index is 11.4. The maximum absolute atomic E-state index is 11.4. The highest BCUT2D eigenvalue weighted by molar-refractivity contribution is 9.10. The number of carboxylic acid groups (broad SMARTS) is 1. The predicted octanol–water partition coefficient (Wildman–Crippen LogP) is 0.363. The second-order valence-electron chi connectivity index (χ2n) is 3.28. The molecule has 18 heavy (non-hydrogen) atoms. The highest BCUT2D eigenvalue weighted by atomic mass is 79.9. The molecule has 0 aliphatic rings. The Morgan fingerprint density at radius 2 is 2.00 bits per heavy atom. The van der Waals surface area contributed by atoms with Crippen LogP contribution in [0, 0.1) is 0 Å². The third-order valence-electron chi connectivity index (χ3n) is 1.87. The minimum absolute atomic E-state index is 0.0241. The van der Waals surface area contributed by atoms with Gasteiger partial charge in [0.15, 0.2) is 10.4 Å². The predicted molar refractivity (Wildman–Crippen MR) is 64.0 cm³/mol. The summed E-state index contributed by atoms with van der Waals surface area (Å²) in [6.07, 6.45) is -0.162. The molecule has 0 spiro atoms. The lowest BCUT2D eigenvalue weighted by Gasteiger charge is -2.04. The zero-order chi connectivity index (χ0) is 13.5. The van der Waals surface area contributed by atoms with Crippen LogP contribution in [0.25, 0.3) is 0 Å². The molecule has 1 aromatic heterocycles. The van der Waals surface area contributed by atoms with Crippen molar-refractivity contribution in [1.82, 2.24) is 10.6 Å². The van der Waals surface area contributed by atoms with E-state index < -0.39 is 17.8 Å². The molecule has 7 nitrogen and oxygen atoms in total. The Morgan fingerprint density at radius 1 is 1.28 bits per heavy atom. The standard InChI is InChI=1S/C10H11BrN2O5/c11-7-2-1-6(18-7)10(17)13-5-8(14)12-4-3-9(15)16/h1-2H,3-5H2,(H,12,14)(H,13,17)(H,15,16). The van der Waals surface area contributed by atoms with Gasteiger partial charge in [0.05, 0.1) is 13.0 Å². The summed E-state index contributed by atoms with van der Waals surface area (Å²) in [5.74, 6) is -1.90. The lowest BCUT2D eigenvalue weighted by molar-refractivity contribution is -0.136.